The third-order valence-corrected chi connectivity index (χ3v) is 3.88. The van der Waals surface area contributed by atoms with Crippen LogP contribution in [0.15, 0.2) is 28.7 Å². The SMILES string of the molecule is CCCNC(CCCOc1cccc(Br)c1)C(C)(C)C. The molecule has 0 bridgehead atoms. The van der Waals surface area contributed by atoms with Gasteiger partial charge in [-0.25, -0.2) is 0 Å². The lowest BCUT2D eigenvalue weighted by molar-refractivity contribution is 0.229. The van der Waals surface area contributed by atoms with Gasteiger partial charge in [0.2, 0.25) is 0 Å². The van der Waals surface area contributed by atoms with Gasteiger partial charge in [-0.3, -0.25) is 0 Å². The standard InChI is InChI=1S/C17H28BrNO/c1-5-11-19-16(17(2,3)4)10-7-12-20-15-9-6-8-14(18)13-15/h6,8-9,13,16,19H,5,7,10-12H2,1-4H3. The highest BCUT2D eigenvalue weighted by Gasteiger charge is 2.23. The second-order valence-corrected chi connectivity index (χ2v) is 7.24. The summed E-state index contributed by atoms with van der Waals surface area (Å²) in [6.07, 6.45) is 3.41. The van der Waals surface area contributed by atoms with E-state index < -0.39 is 0 Å². The number of hydrogen-bond acceptors (Lipinski definition) is 2. The van der Waals surface area contributed by atoms with Crippen LogP contribution in [-0.4, -0.2) is 19.2 Å². The first-order valence-electron chi connectivity index (χ1n) is 7.55. The van der Waals surface area contributed by atoms with Gasteiger partial charge in [-0.15, -0.1) is 0 Å². The van der Waals surface area contributed by atoms with Gasteiger partial charge in [0.15, 0.2) is 0 Å². The molecule has 0 heterocycles. The van der Waals surface area contributed by atoms with Gasteiger partial charge in [0.05, 0.1) is 6.61 Å². The highest BCUT2D eigenvalue weighted by Crippen LogP contribution is 2.23. The van der Waals surface area contributed by atoms with Crippen LogP contribution in [-0.2, 0) is 0 Å². The molecule has 0 aliphatic heterocycles. The molecule has 20 heavy (non-hydrogen) atoms. The molecule has 0 spiro atoms. The van der Waals surface area contributed by atoms with E-state index in [4.69, 9.17) is 4.74 Å². The smallest absolute Gasteiger partial charge is 0.120 e. The van der Waals surface area contributed by atoms with E-state index in [1.165, 1.54) is 6.42 Å². The van der Waals surface area contributed by atoms with E-state index in [1.807, 2.05) is 24.3 Å². The summed E-state index contributed by atoms with van der Waals surface area (Å²) in [5.41, 5.74) is 0.297. The van der Waals surface area contributed by atoms with Crippen molar-refractivity contribution in [1.82, 2.24) is 5.32 Å². The molecule has 1 atom stereocenters. The zero-order valence-electron chi connectivity index (χ0n) is 13.2. The minimum atomic E-state index is 0.297. The molecule has 0 amide bonds. The largest absolute Gasteiger partial charge is 0.494 e. The van der Waals surface area contributed by atoms with Crippen LogP contribution in [0.25, 0.3) is 0 Å². The third kappa shape index (κ3) is 6.76. The molecular weight excluding hydrogens is 314 g/mol. The van der Waals surface area contributed by atoms with Crippen LogP contribution < -0.4 is 10.1 Å². The molecule has 0 saturated carbocycles. The molecule has 1 unspecified atom stereocenters. The van der Waals surface area contributed by atoms with Crippen molar-refractivity contribution in [2.45, 2.75) is 53.0 Å². The van der Waals surface area contributed by atoms with Crippen molar-refractivity contribution in [3.8, 4) is 5.75 Å². The van der Waals surface area contributed by atoms with Gasteiger partial charge < -0.3 is 10.1 Å². The monoisotopic (exact) mass is 341 g/mol. The first-order valence-corrected chi connectivity index (χ1v) is 8.34. The van der Waals surface area contributed by atoms with Crippen molar-refractivity contribution < 1.29 is 4.74 Å². The van der Waals surface area contributed by atoms with Gasteiger partial charge >= 0.3 is 0 Å². The van der Waals surface area contributed by atoms with E-state index in [0.29, 0.717) is 11.5 Å². The van der Waals surface area contributed by atoms with Crippen molar-refractivity contribution in [3.63, 3.8) is 0 Å². The van der Waals surface area contributed by atoms with E-state index in [0.717, 1.165) is 36.2 Å². The molecule has 1 rings (SSSR count). The Labute approximate surface area is 132 Å². The molecule has 1 N–H and O–H groups in total. The topological polar surface area (TPSA) is 21.3 Å². The average Bonchev–Trinajstić information content (AvgIpc) is 2.36. The van der Waals surface area contributed by atoms with E-state index in [2.05, 4.69) is 48.9 Å². The van der Waals surface area contributed by atoms with Crippen molar-refractivity contribution in [3.05, 3.63) is 28.7 Å². The van der Waals surface area contributed by atoms with Gasteiger partial charge in [-0.2, -0.15) is 0 Å². The fourth-order valence-electron chi connectivity index (χ4n) is 2.19. The second-order valence-electron chi connectivity index (χ2n) is 6.32. The number of rotatable bonds is 8. The van der Waals surface area contributed by atoms with Crippen LogP contribution in [0.5, 0.6) is 5.75 Å². The van der Waals surface area contributed by atoms with Crippen molar-refractivity contribution in [2.75, 3.05) is 13.2 Å². The van der Waals surface area contributed by atoms with Crippen LogP contribution in [0.1, 0.15) is 47.0 Å². The predicted molar refractivity (Wildman–Crippen MR) is 90.4 cm³/mol. The van der Waals surface area contributed by atoms with E-state index in [1.54, 1.807) is 0 Å². The predicted octanol–water partition coefficient (Wildman–Crippen LogP) is 5.02. The van der Waals surface area contributed by atoms with Gasteiger partial charge in [0.1, 0.15) is 5.75 Å². The molecule has 0 aliphatic rings. The van der Waals surface area contributed by atoms with Gasteiger partial charge in [0.25, 0.3) is 0 Å². The Bertz CT molecular complexity index is 387. The Morgan fingerprint density at radius 2 is 2.05 bits per heavy atom. The average molecular weight is 342 g/mol. The summed E-state index contributed by atoms with van der Waals surface area (Å²) < 4.78 is 6.86. The maximum Gasteiger partial charge on any atom is 0.120 e. The Morgan fingerprint density at radius 3 is 2.65 bits per heavy atom. The quantitative estimate of drug-likeness (QED) is 0.670. The molecule has 0 fully saturated rings. The zero-order chi connectivity index (χ0) is 15.0. The summed E-state index contributed by atoms with van der Waals surface area (Å²) in [5, 5.41) is 3.65. The summed E-state index contributed by atoms with van der Waals surface area (Å²) in [5.74, 6) is 0.938. The first-order chi connectivity index (χ1) is 9.43. The Balaban J connectivity index is 2.33. The minimum absolute atomic E-state index is 0.297. The molecular formula is C17H28BrNO. The third-order valence-electron chi connectivity index (χ3n) is 3.39. The molecule has 1 aromatic rings. The number of nitrogens with one attached hydrogen (secondary N) is 1. The number of hydrogen-bond donors (Lipinski definition) is 1. The van der Waals surface area contributed by atoms with Crippen LogP contribution in [0.3, 0.4) is 0 Å². The number of benzene rings is 1. The molecule has 114 valence electrons. The first kappa shape index (κ1) is 17.5. The lowest BCUT2D eigenvalue weighted by atomic mass is 9.84. The lowest BCUT2D eigenvalue weighted by Crippen LogP contribution is -2.40. The molecule has 0 radical (unpaired) electrons. The Morgan fingerprint density at radius 1 is 1.30 bits per heavy atom. The minimum Gasteiger partial charge on any atom is -0.494 e. The van der Waals surface area contributed by atoms with Crippen molar-refractivity contribution >= 4 is 15.9 Å². The lowest BCUT2D eigenvalue weighted by Gasteiger charge is -2.31. The number of halogens is 1. The van der Waals surface area contributed by atoms with Gasteiger partial charge in [0, 0.05) is 10.5 Å². The maximum atomic E-state index is 5.80. The highest BCUT2D eigenvalue weighted by molar-refractivity contribution is 9.10. The number of ether oxygens (including phenoxy) is 1. The van der Waals surface area contributed by atoms with Crippen LogP contribution in [0.4, 0.5) is 0 Å². The summed E-state index contributed by atoms with van der Waals surface area (Å²) in [7, 11) is 0. The normalized spacial score (nSPS) is 13.2. The summed E-state index contributed by atoms with van der Waals surface area (Å²) >= 11 is 3.46. The summed E-state index contributed by atoms with van der Waals surface area (Å²) in [6, 6.07) is 8.57. The van der Waals surface area contributed by atoms with E-state index >= 15 is 0 Å². The Kier molecular flexibility index (Phi) is 7.60. The Hall–Kier alpha value is -0.540. The van der Waals surface area contributed by atoms with Gasteiger partial charge in [-0.05, 0) is 49.4 Å². The summed E-state index contributed by atoms with van der Waals surface area (Å²) in [6.45, 7) is 11.0. The summed E-state index contributed by atoms with van der Waals surface area (Å²) in [4.78, 5) is 0. The van der Waals surface area contributed by atoms with Gasteiger partial charge in [-0.1, -0.05) is 49.7 Å². The van der Waals surface area contributed by atoms with Crippen molar-refractivity contribution in [2.24, 2.45) is 5.41 Å². The van der Waals surface area contributed by atoms with Crippen LogP contribution >= 0.6 is 15.9 Å². The molecule has 0 aromatic heterocycles. The maximum absolute atomic E-state index is 5.80. The fraction of sp³-hybridized carbons (Fsp3) is 0.647. The second kappa shape index (κ2) is 8.68. The molecule has 3 heteroatoms. The van der Waals surface area contributed by atoms with Crippen LogP contribution in [0.2, 0.25) is 0 Å². The molecule has 0 saturated heterocycles. The van der Waals surface area contributed by atoms with Crippen LogP contribution in [0, 0.1) is 5.41 Å². The zero-order valence-corrected chi connectivity index (χ0v) is 14.8. The molecule has 2 nitrogen and oxygen atoms in total. The molecule has 0 aliphatic carbocycles. The highest BCUT2D eigenvalue weighted by atomic mass is 79.9. The van der Waals surface area contributed by atoms with E-state index in [9.17, 15) is 0 Å². The molecule has 1 aromatic carbocycles. The van der Waals surface area contributed by atoms with E-state index in [-0.39, 0.29) is 0 Å². The van der Waals surface area contributed by atoms with Crippen molar-refractivity contribution in [1.29, 1.82) is 0 Å². The fourth-order valence-corrected chi connectivity index (χ4v) is 2.57.